The van der Waals surface area contributed by atoms with E-state index >= 15 is 0 Å². The molecule has 1 rings (SSSR count). The van der Waals surface area contributed by atoms with Crippen molar-refractivity contribution >= 4 is 23.3 Å². The highest BCUT2D eigenvalue weighted by atomic mass is 35.5. The van der Waals surface area contributed by atoms with Gasteiger partial charge in [0.05, 0.1) is 7.11 Å². The maximum atomic E-state index is 12.2. The van der Waals surface area contributed by atoms with E-state index in [-0.39, 0.29) is 24.2 Å². The van der Waals surface area contributed by atoms with Gasteiger partial charge in [-0.3, -0.25) is 4.79 Å². The van der Waals surface area contributed by atoms with Crippen LogP contribution < -0.4 is 15.8 Å². The molecule has 0 heterocycles. The molecule has 4 N–H and O–H groups in total. The molecule has 21 heavy (non-hydrogen) atoms. The van der Waals surface area contributed by atoms with Crippen LogP contribution in [0.15, 0.2) is 23.4 Å². The number of carbonyl (C=O) groups is 1. The molecule has 0 aromatic heterocycles. The van der Waals surface area contributed by atoms with E-state index in [9.17, 15) is 4.79 Å². The van der Waals surface area contributed by atoms with Gasteiger partial charge >= 0.3 is 0 Å². The number of ether oxygens (including phenoxy) is 1. The predicted octanol–water partition coefficient (Wildman–Crippen LogP) is 1.98. The van der Waals surface area contributed by atoms with Crippen LogP contribution in [-0.2, 0) is 11.3 Å². The molecule has 1 atom stereocenters. The number of nitrogens with one attached hydrogen (secondary N) is 1. The Labute approximate surface area is 128 Å². The molecule has 1 aromatic rings. The fourth-order valence-corrected chi connectivity index (χ4v) is 2.26. The summed E-state index contributed by atoms with van der Waals surface area (Å²) in [7, 11) is 1.53. The third-order valence-corrected chi connectivity index (χ3v) is 3.47. The van der Waals surface area contributed by atoms with Crippen molar-refractivity contribution in [1.82, 2.24) is 5.32 Å². The average Bonchev–Trinajstić information content (AvgIpc) is 2.45. The Hall–Kier alpha value is -1.95. The van der Waals surface area contributed by atoms with E-state index in [1.54, 1.807) is 18.2 Å². The molecular weight excluding hydrogens is 294 g/mol. The second kappa shape index (κ2) is 7.73. The smallest absolute Gasteiger partial charge is 0.231 e. The van der Waals surface area contributed by atoms with Crippen molar-refractivity contribution in [3.63, 3.8) is 0 Å². The maximum absolute atomic E-state index is 12.2. The van der Waals surface area contributed by atoms with Crippen LogP contribution in [-0.4, -0.2) is 24.1 Å². The molecule has 0 aliphatic heterocycles. The minimum Gasteiger partial charge on any atom is -0.496 e. The Morgan fingerprint density at radius 3 is 2.71 bits per heavy atom. The molecule has 0 bridgehead atoms. The molecule has 0 saturated carbocycles. The summed E-state index contributed by atoms with van der Waals surface area (Å²) in [5, 5.41) is 14.9. The first-order valence-electron chi connectivity index (χ1n) is 6.48. The number of hydrogen-bond donors (Lipinski definition) is 3. The lowest BCUT2D eigenvalue weighted by atomic mass is 9.94. The van der Waals surface area contributed by atoms with Crippen LogP contribution >= 0.6 is 11.6 Å². The molecule has 1 unspecified atom stereocenters. The van der Waals surface area contributed by atoms with Crippen LogP contribution in [0.4, 0.5) is 0 Å². The number of nitrogens with zero attached hydrogens (tertiary/aromatic N) is 1. The highest BCUT2D eigenvalue weighted by molar-refractivity contribution is 6.31. The molecule has 6 nitrogen and oxygen atoms in total. The number of rotatable bonds is 6. The monoisotopic (exact) mass is 313 g/mol. The lowest BCUT2D eigenvalue weighted by Gasteiger charge is -2.19. The summed E-state index contributed by atoms with van der Waals surface area (Å²) >= 11 is 6.10. The molecular formula is C14H20ClN3O3. The molecule has 0 aliphatic rings. The molecule has 0 spiro atoms. The van der Waals surface area contributed by atoms with Crippen LogP contribution in [0.3, 0.4) is 0 Å². The van der Waals surface area contributed by atoms with Gasteiger partial charge in [0, 0.05) is 17.1 Å². The highest BCUT2D eigenvalue weighted by Crippen LogP contribution is 2.26. The number of hydrogen-bond acceptors (Lipinski definition) is 4. The van der Waals surface area contributed by atoms with Crippen molar-refractivity contribution in [3.05, 3.63) is 28.8 Å². The molecule has 1 amide bonds. The van der Waals surface area contributed by atoms with Gasteiger partial charge in [-0.1, -0.05) is 36.7 Å². The van der Waals surface area contributed by atoms with Crippen molar-refractivity contribution in [2.45, 2.75) is 20.4 Å². The molecule has 0 fully saturated rings. The quantitative estimate of drug-likeness (QED) is 0.324. The molecule has 0 radical (unpaired) electrons. The predicted molar refractivity (Wildman–Crippen MR) is 81.6 cm³/mol. The van der Waals surface area contributed by atoms with E-state index in [1.165, 1.54) is 7.11 Å². The fourth-order valence-electron chi connectivity index (χ4n) is 2.03. The Balaban J connectivity index is 2.86. The second-order valence-electron chi connectivity index (χ2n) is 4.89. The van der Waals surface area contributed by atoms with Gasteiger partial charge in [0.15, 0.2) is 5.84 Å². The molecule has 7 heteroatoms. The zero-order valence-electron chi connectivity index (χ0n) is 12.3. The number of amides is 1. The minimum absolute atomic E-state index is 0.103. The number of carbonyl (C=O) groups excluding carboxylic acids is 1. The standard InChI is InChI=1S/C14H20ClN3O3/c1-8(2)12(13(16)18-20)14(19)17-7-9-10(15)5-4-6-11(9)21-3/h4-6,8,12,20H,7H2,1-3H3,(H2,16,18)(H,17,19). The Kier molecular flexibility index (Phi) is 6.30. The normalized spacial score (nSPS) is 13.1. The zero-order valence-corrected chi connectivity index (χ0v) is 13.0. The van der Waals surface area contributed by atoms with Crippen molar-refractivity contribution < 1.29 is 14.7 Å². The zero-order chi connectivity index (χ0) is 16.0. The number of nitrogens with two attached hydrogens (primary N) is 1. The Morgan fingerprint density at radius 1 is 1.52 bits per heavy atom. The van der Waals surface area contributed by atoms with E-state index in [2.05, 4.69) is 10.5 Å². The number of benzene rings is 1. The number of methoxy groups -OCH3 is 1. The molecule has 1 aromatic carbocycles. The fraction of sp³-hybridized carbons (Fsp3) is 0.429. The SMILES string of the molecule is COc1cccc(Cl)c1CNC(=O)C(/C(N)=N/O)C(C)C. The van der Waals surface area contributed by atoms with Crippen LogP contribution in [0, 0.1) is 11.8 Å². The third kappa shape index (κ3) is 4.26. The van der Waals surface area contributed by atoms with E-state index in [1.807, 2.05) is 13.8 Å². The first-order valence-corrected chi connectivity index (χ1v) is 6.86. The van der Waals surface area contributed by atoms with Gasteiger partial charge in [-0.2, -0.15) is 0 Å². The highest BCUT2D eigenvalue weighted by Gasteiger charge is 2.26. The summed E-state index contributed by atoms with van der Waals surface area (Å²) < 4.78 is 5.21. The van der Waals surface area contributed by atoms with Gasteiger partial charge in [0.1, 0.15) is 11.7 Å². The van der Waals surface area contributed by atoms with Gasteiger partial charge in [-0.15, -0.1) is 0 Å². The molecule has 0 aliphatic carbocycles. The summed E-state index contributed by atoms with van der Waals surface area (Å²) in [6, 6.07) is 5.24. The Bertz CT molecular complexity index is 532. The van der Waals surface area contributed by atoms with Gasteiger partial charge in [-0.25, -0.2) is 0 Å². The van der Waals surface area contributed by atoms with Crippen molar-refractivity contribution in [1.29, 1.82) is 0 Å². The summed E-state index contributed by atoms with van der Waals surface area (Å²) in [5.41, 5.74) is 6.24. The van der Waals surface area contributed by atoms with Crippen molar-refractivity contribution in [2.24, 2.45) is 22.7 Å². The summed E-state index contributed by atoms with van der Waals surface area (Å²) in [6.07, 6.45) is 0. The summed E-state index contributed by atoms with van der Waals surface area (Å²) in [5.74, 6) is -0.666. The minimum atomic E-state index is -0.705. The van der Waals surface area contributed by atoms with Crippen molar-refractivity contribution in [3.8, 4) is 5.75 Å². The first-order chi connectivity index (χ1) is 9.92. The maximum Gasteiger partial charge on any atom is 0.231 e. The van der Waals surface area contributed by atoms with E-state index in [0.29, 0.717) is 16.3 Å². The second-order valence-corrected chi connectivity index (χ2v) is 5.29. The number of oxime groups is 1. The van der Waals surface area contributed by atoms with Gasteiger partial charge in [0.25, 0.3) is 0 Å². The van der Waals surface area contributed by atoms with Crippen LogP contribution in [0.1, 0.15) is 19.4 Å². The summed E-state index contributed by atoms with van der Waals surface area (Å²) in [4.78, 5) is 12.2. The largest absolute Gasteiger partial charge is 0.496 e. The summed E-state index contributed by atoms with van der Waals surface area (Å²) in [6.45, 7) is 3.83. The molecule has 0 saturated heterocycles. The van der Waals surface area contributed by atoms with Crippen LogP contribution in [0.5, 0.6) is 5.75 Å². The number of amidine groups is 1. The Morgan fingerprint density at radius 2 is 2.19 bits per heavy atom. The number of halogens is 1. The lowest BCUT2D eigenvalue weighted by Crippen LogP contribution is -2.41. The van der Waals surface area contributed by atoms with E-state index < -0.39 is 5.92 Å². The van der Waals surface area contributed by atoms with Gasteiger partial charge in [0.2, 0.25) is 5.91 Å². The lowest BCUT2D eigenvalue weighted by molar-refractivity contribution is -0.124. The van der Waals surface area contributed by atoms with Crippen molar-refractivity contribution in [2.75, 3.05) is 7.11 Å². The average molecular weight is 314 g/mol. The van der Waals surface area contributed by atoms with Crippen LogP contribution in [0.25, 0.3) is 0 Å². The van der Waals surface area contributed by atoms with E-state index in [4.69, 9.17) is 27.3 Å². The third-order valence-electron chi connectivity index (χ3n) is 3.12. The van der Waals surface area contributed by atoms with Gasteiger partial charge in [-0.05, 0) is 18.1 Å². The van der Waals surface area contributed by atoms with Gasteiger partial charge < -0.3 is 21.0 Å². The van der Waals surface area contributed by atoms with E-state index in [0.717, 1.165) is 0 Å². The topological polar surface area (TPSA) is 96.9 Å². The first kappa shape index (κ1) is 17.1. The molecule has 116 valence electrons. The van der Waals surface area contributed by atoms with Crippen LogP contribution in [0.2, 0.25) is 5.02 Å².